The lowest BCUT2D eigenvalue weighted by Gasteiger charge is -2.16. The van der Waals surface area contributed by atoms with E-state index < -0.39 is 10.0 Å². The van der Waals surface area contributed by atoms with E-state index in [4.69, 9.17) is 5.73 Å². The fourth-order valence-corrected chi connectivity index (χ4v) is 3.21. The molecule has 0 heterocycles. The summed E-state index contributed by atoms with van der Waals surface area (Å²) >= 11 is 0. The van der Waals surface area contributed by atoms with E-state index in [-0.39, 0.29) is 36.6 Å². The van der Waals surface area contributed by atoms with Crippen LogP contribution in [0.15, 0.2) is 24.3 Å². The highest BCUT2D eigenvalue weighted by Crippen LogP contribution is 2.08. The van der Waals surface area contributed by atoms with Crippen LogP contribution >= 0.6 is 12.4 Å². The van der Waals surface area contributed by atoms with Gasteiger partial charge in [-0.3, -0.25) is 0 Å². The number of sulfonamides is 1. The molecular weight excluding hydrogens is 303 g/mol. The van der Waals surface area contributed by atoms with E-state index in [1.165, 1.54) is 24.3 Å². The molecule has 0 radical (unpaired) electrons. The minimum Gasteiger partial charge on any atom is -0.329 e. The largest absolute Gasteiger partial charge is 0.329 e. The van der Waals surface area contributed by atoms with Crippen LogP contribution in [0.1, 0.15) is 31.7 Å². The number of unbranched alkanes of at least 4 members (excludes halogenated alkanes) is 1. The molecule has 0 amide bonds. The molecular formula is C13H22ClFN2O2S. The van der Waals surface area contributed by atoms with Gasteiger partial charge in [0.1, 0.15) is 5.82 Å². The number of hydrogen-bond donors (Lipinski definition) is 2. The maximum Gasteiger partial charge on any atom is 0.216 e. The zero-order chi connectivity index (χ0) is 14.3. The highest BCUT2D eigenvalue weighted by atomic mass is 35.5. The van der Waals surface area contributed by atoms with Crippen LogP contribution in [0.4, 0.5) is 4.39 Å². The van der Waals surface area contributed by atoms with Gasteiger partial charge in [-0.1, -0.05) is 31.9 Å². The molecule has 1 aromatic carbocycles. The maximum absolute atomic E-state index is 12.7. The van der Waals surface area contributed by atoms with E-state index >= 15 is 0 Å². The van der Waals surface area contributed by atoms with Gasteiger partial charge in [0.15, 0.2) is 0 Å². The standard InChI is InChI=1S/C13H21FN2O2S.ClH/c1-2-3-4-13(9-15)16-19(17,18)10-11-5-7-12(14)8-6-11;/h5-8,13,16H,2-4,9-10,15H2,1H3;1H. The fraction of sp³-hybridized carbons (Fsp3) is 0.538. The van der Waals surface area contributed by atoms with Crippen LogP contribution in [-0.2, 0) is 15.8 Å². The van der Waals surface area contributed by atoms with Crippen molar-refractivity contribution in [1.82, 2.24) is 4.72 Å². The van der Waals surface area contributed by atoms with Crippen LogP contribution in [0.3, 0.4) is 0 Å². The Bertz CT molecular complexity index is 480. The Kier molecular flexibility index (Phi) is 8.96. The summed E-state index contributed by atoms with van der Waals surface area (Å²) in [6, 6.07) is 5.21. The molecule has 1 rings (SSSR count). The molecule has 0 aliphatic rings. The Morgan fingerprint density at radius 1 is 1.30 bits per heavy atom. The number of nitrogens with one attached hydrogen (secondary N) is 1. The van der Waals surface area contributed by atoms with Crippen molar-refractivity contribution in [3.8, 4) is 0 Å². The summed E-state index contributed by atoms with van der Waals surface area (Å²) in [7, 11) is -3.44. The molecule has 3 N–H and O–H groups in total. The van der Waals surface area contributed by atoms with E-state index in [0.29, 0.717) is 5.56 Å². The van der Waals surface area contributed by atoms with E-state index in [2.05, 4.69) is 4.72 Å². The minimum atomic E-state index is -3.44. The first kappa shape index (κ1) is 19.3. The van der Waals surface area contributed by atoms with E-state index in [9.17, 15) is 12.8 Å². The monoisotopic (exact) mass is 324 g/mol. The van der Waals surface area contributed by atoms with E-state index in [1.54, 1.807) is 0 Å². The molecule has 0 fully saturated rings. The van der Waals surface area contributed by atoms with Gasteiger partial charge in [-0.15, -0.1) is 12.4 Å². The Hall–Kier alpha value is -0.690. The lowest BCUT2D eigenvalue weighted by Crippen LogP contribution is -2.40. The number of benzene rings is 1. The van der Waals surface area contributed by atoms with Gasteiger partial charge in [0.25, 0.3) is 0 Å². The van der Waals surface area contributed by atoms with Crippen LogP contribution in [0.2, 0.25) is 0 Å². The first-order valence-corrected chi connectivity index (χ1v) is 8.06. The zero-order valence-electron chi connectivity index (χ0n) is 11.5. The van der Waals surface area contributed by atoms with Crippen molar-refractivity contribution in [2.24, 2.45) is 5.73 Å². The van der Waals surface area contributed by atoms with Crippen molar-refractivity contribution in [3.05, 3.63) is 35.6 Å². The lowest BCUT2D eigenvalue weighted by molar-refractivity contribution is 0.516. The molecule has 0 aliphatic carbocycles. The van der Waals surface area contributed by atoms with E-state index in [0.717, 1.165) is 19.3 Å². The number of halogens is 2. The highest BCUT2D eigenvalue weighted by molar-refractivity contribution is 7.88. The predicted octanol–water partition coefficient (Wildman–Crippen LogP) is 2.18. The minimum absolute atomic E-state index is 0. The molecule has 0 saturated heterocycles. The molecule has 1 unspecified atom stereocenters. The van der Waals surface area contributed by atoms with Crippen molar-refractivity contribution in [1.29, 1.82) is 0 Å². The van der Waals surface area contributed by atoms with Crippen LogP contribution in [0.25, 0.3) is 0 Å². The van der Waals surface area contributed by atoms with Crippen molar-refractivity contribution in [2.75, 3.05) is 6.54 Å². The third kappa shape index (κ3) is 7.19. The van der Waals surface area contributed by atoms with Gasteiger partial charge in [0.05, 0.1) is 5.75 Å². The van der Waals surface area contributed by atoms with Gasteiger partial charge in [0, 0.05) is 12.6 Å². The van der Waals surface area contributed by atoms with E-state index in [1.807, 2.05) is 6.92 Å². The Morgan fingerprint density at radius 3 is 2.40 bits per heavy atom. The fourth-order valence-electron chi connectivity index (χ4n) is 1.77. The Morgan fingerprint density at radius 2 is 1.90 bits per heavy atom. The van der Waals surface area contributed by atoms with Crippen LogP contribution in [-0.4, -0.2) is 21.0 Å². The second-order valence-corrected chi connectivity index (χ2v) is 6.33. The summed E-state index contributed by atoms with van der Waals surface area (Å²) in [5.41, 5.74) is 6.11. The quantitative estimate of drug-likeness (QED) is 0.770. The molecule has 4 nitrogen and oxygen atoms in total. The first-order chi connectivity index (χ1) is 8.96. The maximum atomic E-state index is 12.7. The molecule has 0 aliphatic heterocycles. The number of nitrogens with two attached hydrogens (primary N) is 1. The highest BCUT2D eigenvalue weighted by Gasteiger charge is 2.17. The van der Waals surface area contributed by atoms with Crippen LogP contribution in [0.5, 0.6) is 0 Å². The van der Waals surface area contributed by atoms with Crippen LogP contribution in [0, 0.1) is 5.82 Å². The molecule has 0 bridgehead atoms. The topological polar surface area (TPSA) is 72.2 Å². The van der Waals surface area contributed by atoms with Crippen molar-refractivity contribution in [2.45, 2.75) is 38.0 Å². The summed E-state index contributed by atoms with van der Waals surface area (Å²) in [6.07, 6.45) is 2.66. The average Bonchev–Trinajstić information content (AvgIpc) is 2.37. The van der Waals surface area contributed by atoms with Gasteiger partial charge in [-0.05, 0) is 24.1 Å². The summed E-state index contributed by atoms with van der Waals surface area (Å²) in [5, 5.41) is 0. The average molecular weight is 325 g/mol. The van der Waals surface area contributed by atoms with Crippen molar-refractivity contribution < 1.29 is 12.8 Å². The smallest absolute Gasteiger partial charge is 0.216 e. The third-order valence-corrected chi connectivity index (χ3v) is 4.21. The van der Waals surface area contributed by atoms with Crippen LogP contribution < -0.4 is 10.5 Å². The van der Waals surface area contributed by atoms with Gasteiger partial charge < -0.3 is 5.73 Å². The molecule has 0 aromatic heterocycles. The zero-order valence-corrected chi connectivity index (χ0v) is 13.1. The SMILES string of the molecule is CCCCC(CN)NS(=O)(=O)Cc1ccc(F)cc1.Cl. The summed E-state index contributed by atoms with van der Waals surface area (Å²) in [6.45, 7) is 2.32. The molecule has 7 heteroatoms. The van der Waals surface area contributed by atoms with Crippen molar-refractivity contribution in [3.63, 3.8) is 0 Å². The first-order valence-electron chi connectivity index (χ1n) is 6.41. The van der Waals surface area contributed by atoms with Crippen molar-refractivity contribution >= 4 is 22.4 Å². The molecule has 20 heavy (non-hydrogen) atoms. The lowest BCUT2D eigenvalue weighted by atomic mass is 10.1. The molecule has 1 aromatic rings. The third-order valence-electron chi connectivity index (χ3n) is 2.81. The molecule has 0 spiro atoms. The van der Waals surface area contributed by atoms with Gasteiger partial charge in [-0.2, -0.15) is 0 Å². The second-order valence-electron chi connectivity index (χ2n) is 4.58. The summed E-state index contributed by atoms with van der Waals surface area (Å²) in [5.74, 6) is -0.535. The van der Waals surface area contributed by atoms with Gasteiger partial charge in [0.2, 0.25) is 10.0 Å². The van der Waals surface area contributed by atoms with Gasteiger partial charge in [-0.25, -0.2) is 17.5 Å². The molecule has 1 atom stereocenters. The second kappa shape index (κ2) is 9.28. The Labute approximate surface area is 126 Å². The molecule has 0 saturated carbocycles. The number of hydrogen-bond acceptors (Lipinski definition) is 3. The summed E-state index contributed by atoms with van der Waals surface area (Å²) in [4.78, 5) is 0. The molecule has 116 valence electrons. The van der Waals surface area contributed by atoms with Gasteiger partial charge >= 0.3 is 0 Å². The summed E-state index contributed by atoms with van der Waals surface area (Å²) < 4.78 is 39.3. The Balaban J connectivity index is 0.00000361. The number of rotatable bonds is 8. The predicted molar refractivity (Wildman–Crippen MR) is 81.8 cm³/mol. The normalized spacial score (nSPS) is 12.8.